The Bertz CT molecular complexity index is 1670. The van der Waals surface area contributed by atoms with Crippen molar-refractivity contribution in [3.8, 4) is 22.4 Å². The molecule has 2 aliphatic rings. The maximum absolute atomic E-state index is 13.5. The number of fused-ring (bicyclic) bond motifs is 3. The highest BCUT2D eigenvalue weighted by atomic mass is 16.5. The summed E-state index contributed by atoms with van der Waals surface area (Å²) in [4.78, 5) is 27.0. The van der Waals surface area contributed by atoms with Crippen LogP contribution >= 0.6 is 0 Å². The van der Waals surface area contributed by atoms with Crippen LogP contribution in [-0.2, 0) is 17.8 Å². The molecule has 5 aromatic heterocycles. The first kappa shape index (κ1) is 23.1. The van der Waals surface area contributed by atoms with E-state index in [1.807, 2.05) is 36.1 Å². The molecule has 38 heavy (non-hydrogen) atoms. The number of rotatable bonds is 8. The molecule has 2 fully saturated rings. The second kappa shape index (κ2) is 9.36. The van der Waals surface area contributed by atoms with Crippen LogP contribution in [0, 0.1) is 5.92 Å². The van der Waals surface area contributed by atoms with E-state index in [4.69, 9.17) is 9.15 Å². The number of ether oxygens (including phenoxy) is 1. The summed E-state index contributed by atoms with van der Waals surface area (Å²) in [5, 5.41) is 8.34. The fraction of sp³-hybridized carbons (Fsp3) is 0.393. The van der Waals surface area contributed by atoms with Gasteiger partial charge in [-0.05, 0) is 56.2 Å². The number of furan rings is 1. The Morgan fingerprint density at radius 3 is 2.74 bits per heavy atom. The number of pyridine rings is 2. The van der Waals surface area contributed by atoms with Gasteiger partial charge in [-0.2, -0.15) is 10.1 Å². The van der Waals surface area contributed by atoms with Crippen LogP contribution in [0.3, 0.4) is 0 Å². The minimum atomic E-state index is -0.325. The monoisotopic (exact) mass is 511 g/mol. The van der Waals surface area contributed by atoms with E-state index in [-0.39, 0.29) is 11.8 Å². The van der Waals surface area contributed by atoms with E-state index in [1.165, 1.54) is 12.8 Å². The van der Waals surface area contributed by atoms with E-state index < -0.39 is 0 Å². The van der Waals surface area contributed by atoms with E-state index >= 15 is 0 Å². The summed E-state index contributed by atoms with van der Waals surface area (Å²) in [7, 11) is 1.81. The first-order valence-corrected chi connectivity index (χ1v) is 13.3. The Balaban J connectivity index is 1.37. The predicted octanol–water partition coefficient (Wildman–Crippen LogP) is 4.48. The van der Waals surface area contributed by atoms with Crippen molar-refractivity contribution < 1.29 is 9.15 Å². The minimum Gasteiger partial charge on any atom is -0.434 e. The van der Waals surface area contributed by atoms with Gasteiger partial charge < -0.3 is 14.5 Å². The largest absolute Gasteiger partial charge is 0.434 e. The molecule has 0 radical (unpaired) electrons. The van der Waals surface area contributed by atoms with Crippen molar-refractivity contribution in [2.75, 3.05) is 19.0 Å². The molecule has 1 unspecified atom stereocenters. The van der Waals surface area contributed by atoms with Crippen LogP contribution in [0.4, 0.5) is 5.82 Å². The summed E-state index contributed by atoms with van der Waals surface area (Å²) >= 11 is 0. The van der Waals surface area contributed by atoms with Gasteiger partial charge in [0.25, 0.3) is 0 Å². The molecule has 1 atom stereocenters. The van der Waals surface area contributed by atoms with E-state index in [2.05, 4.69) is 31.6 Å². The predicted molar refractivity (Wildman–Crippen MR) is 144 cm³/mol. The quantitative estimate of drug-likeness (QED) is 0.324. The van der Waals surface area contributed by atoms with Crippen molar-refractivity contribution in [3.63, 3.8) is 0 Å². The third kappa shape index (κ3) is 4.24. The summed E-state index contributed by atoms with van der Waals surface area (Å²) in [6.07, 6.45) is 12.9. The molecule has 10 nitrogen and oxygen atoms in total. The van der Waals surface area contributed by atoms with Gasteiger partial charge in [0.05, 0.1) is 17.7 Å². The highest BCUT2D eigenvalue weighted by molar-refractivity contribution is 6.06. The van der Waals surface area contributed by atoms with Gasteiger partial charge in [0.1, 0.15) is 17.0 Å². The van der Waals surface area contributed by atoms with E-state index in [9.17, 15) is 4.79 Å². The zero-order valence-electron chi connectivity index (χ0n) is 21.3. The zero-order chi connectivity index (χ0) is 25.6. The molecule has 7 rings (SSSR count). The van der Waals surface area contributed by atoms with Crippen molar-refractivity contribution in [3.05, 3.63) is 53.5 Å². The fourth-order valence-corrected chi connectivity index (χ4v) is 5.27. The third-order valence-corrected chi connectivity index (χ3v) is 7.54. The molecule has 0 amide bonds. The van der Waals surface area contributed by atoms with Gasteiger partial charge in [0.15, 0.2) is 5.58 Å². The molecule has 6 heterocycles. The first-order valence-electron chi connectivity index (χ1n) is 13.3. The van der Waals surface area contributed by atoms with Gasteiger partial charge in [0, 0.05) is 62.0 Å². The highest BCUT2D eigenvalue weighted by Crippen LogP contribution is 2.35. The van der Waals surface area contributed by atoms with E-state index in [0.29, 0.717) is 34.6 Å². The Morgan fingerprint density at radius 2 is 1.97 bits per heavy atom. The fourth-order valence-electron chi connectivity index (χ4n) is 5.27. The maximum Gasteiger partial charge on any atom is 0.348 e. The van der Waals surface area contributed by atoms with Crippen molar-refractivity contribution in [1.82, 2.24) is 29.3 Å². The lowest BCUT2D eigenvalue weighted by Gasteiger charge is -2.13. The SMILES string of the molecule is CNc1ccc(-c2nc(=O)n(CCC3CCCO3)c3c2oc2ncc(-c4cnn(CC5CC5)c4)cc23)cn1. The highest BCUT2D eigenvalue weighted by Gasteiger charge is 2.24. The maximum atomic E-state index is 13.5. The average Bonchev–Trinajstić information content (AvgIpc) is 3.30. The molecular weight excluding hydrogens is 482 g/mol. The molecule has 0 bridgehead atoms. The van der Waals surface area contributed by atoms with Crippen molar-refractivity contribution in [2.45, 2.75) is 51.3 Å². The molecule has 1 aliphatic carbocycles. The normalized spacial score (nSPS) is 17.6. The zero-order valence-corrected chi connectivity index (χ0v) is 21.3. The Labute approximate surface area is 218 Å². The summed E-state index contributed by atoms with van der Waals surface area (Å²) in [6, 6.07) is 5.78. The van der Waals surface area contributed by atoms with Crippen molar-refractivity contribution >= 4 is 28.0 Å². The number of hydrogen-bond acceptors (Lipinski definition) is 8. The molecule has 1 aliphatic heterocycles. The third-order valence-electron chi connectivity index (χ3n) is 7.54. The summed E-state index contributed by atoms with van der Waals surface area (Å²) in [5.74, 6) is 1.47. The molecule has 1 saturated carbocycles. The number of anilines is 1. The van der Waals surface area contributed by atoms with Crippen molar-refractivity contribution in [1.29, 1.82) is 0 Å². The van der Waals surface area contributed by atoms with Crippen molar-refractivity contribution in [2.24, 2.45) is 5.92 Å². The lowest BCUT2D eigenvalue weighted by molar-refractivity contribution is 0.100. The van der Waals surface area contributed by atoms with Crippen LogP contribution in [0.15, 0.2) is 52.2 Å². The minimum absolute atomic E-state index is 0.152. The number of aromatic nitrogens is 6. The number of nitrogens with zero attached hydrogens (tertiary/aromatic N) is 6. The number of hydrogen-bond donors (Lipinski definition) is 1. The van der Waals surface area contributed by atoms with Crippen LogP contribution in [0.1, 0.15) is 32.1 Å². The summed E-state index contributed by atoms with van der Waals surface area (Å²) < 4.78 is 15.8. The second-order valence-corrected chi connectivity index (χ2v) is 10.3. The first-order chi connectivity index (χ1) is 18.7. The van der Waals surface area contributed by atoms with Gasteiger partial charge in [-0.3, -0.25) is 9.25 Å². The Morgan fingerprint density at radius 1 is 1.08 bits per heavy atom. The lowest BCUT2D eigenvalue weighted by atomic mass is 10.1. The van der Waals surface area contributed by atoms with Crippen LogP contribution in [0.2, 0.25) is 0 Å². The molecule has 194 valence electrons. The molecular formula is C28H29N7O3. The molecule has 0 aromatic carbocycles. The van der Waals surface area contributed by atoms with E-state index in [1.54, 1.807) is 17.0 Å². The average molecular weight is 512 g/mol. The molecule has 5 aromatic rings. The molecule has 1 saturated heterocycles. The van der Waals surface area contributed by atoms with Gasteiger partial charge in [-0.15, -0.1) is 0 Å². The standard InChI is InChI=1S/C28H29N7O3/c1-29-23-7-6-18(12-30-23)24-26-25(35(28(36)33-24)9-8-21-3-2-10-37-21)22-11-19(13-31-27(22)38-26)20-14-32-34(16-20)15-17-4-5-17/h6-7,11-14,16-17,21H,2-5,8-10,15H2,1H3,(H,29,30). The van der Waals surface area contributed by atoms with Gasteiger partial charge in [-0.25, -0.2) is 14.8 Å². The number of aryl methyl sites for hydroxylation is 1. The van der Waals surface area contributed by atoms with Gasteiger partial charge in [-0.1, -0.05) is 0 Å². The molecule has 10 heteroatoms. The van der Waals surface area contributed by atoms with Crippen LogP contribution in [0.5, 0.6) is 0 Å². The molecule has 0 spiro atoms. The summed E-state index contributed by atoms with van der Waals surface area (Å²) in [6.45, 7) is 2.21. The summed E-state index contributed by atoms with van der Waals surface area (Å²) in [5.41, 5.74) is 4.46. The smallest absolute Gasteiger partial charge is 0.348 e. The molecule has 1 N–H and O–H groups in total. The lowest BCUT2D eigenvalue weighted by Crippen LogP contribution is -2.25. The Hall–Kier alpha value is -4.05. The second-order valence-electron chi connectivity index (χ2n) is 10.3. The van der Waals surface area contributed by atoms with Crippen LogP contribution in [-0.4, -0.2) is 49.1 Å². The van der Waals surface area contributed by atoms with Crippen LogP contribution < -0.4 is 11.0 Å². The Kier molecular flexibility index (Phi) is 5.69. The van der Waals surface area contributed by atoms with Gasteiger partial charge >= 0.3 is 5.69 Å². The topological polar surface area (TPSA) is 113 Å². The van der Waals surface area contributed by atoms with E-state index in [0.717, 1.165) is 60.7 Å². The number of nitrogens with one attached hydrogen (secondary N) is 1. The van der Waals surface area contributed by atoms with Crippen LogP contribution in [0.25, 0.3) is 44.6 Å². The van der Waals surface area contributed by atoms with Gasteiger partial charge in [0.2, 0.25) is 5.71 Å².